The van der Waals surface area contributed by atoms with Crippen molar-refractivity contribution in [3.05, 3.63) is 130 Å². The maximum Gasteiger partial charge on any atom is 0.264 e. The summed E-state index contributed by atoms with van der Waals surface area (Å²) >= 11 is 3.48. The van der Waals surface area contributed by atoms with Crippen LogP contribution in [0.3, 0.4) is 0 Å². The first-order valence-electron chi connectivity index (χ1n) is 14.6. The smallest absolute Gasteiger partial charge is 0.264 e. The van der Waals surface area contributed by atoms with Crippen molar-refractivity contribution in [1.29, 1.82) is 0 Å². The number of carbonyl (C=O) groups is 2. The normalized spacial score (nSPS) is 12.0. The molecule has 4 aromatic rings. The quantitative estimate of drug-likeness (QED) is 0.173. The number of carbonyl (C=O) groups excluding carboxylic acids is 2. The average molecular weight is 695 g/mol. The van der Waals surface area contributed by atoms with Crippen molar-refractivity contribution in [2.45, 2.75) is 44.7 Å². The zero-order valence-electron chi connectivity index (χ0n) is 25.5. The van der Waals surface area contributed by atoms with Crippen LogP contribution < -0.4 is 9.62 Å². The predicted molar refractivity (Wildman–Crippen MR) is 179 cm³/mol. The molecule has 0 unspecified atom stereocenters. The number of hydrogen-bond acceptors (Lipinski definition) is 4. The molecule has 4 aromatic carbocycles. The molecule has 0 heterocycles. The number of amides is 2. The molecule has 0 fully saturated rings. The van der Waals surface area contributed by atoms with Gasteiger partial charge in [-0.25, -0.2) is 12.8 Å². The topological polar surface area (TPSA) is 86.8 Å². The van der Waals surface area contributed by atoms with Crippen molar-refractivity contribution in [3.63, 3.8) is 0 Å². The van der Waals surface area contributed by atoms with E-state index in [4.69, 9.17) is 0 Å². The fourth-order valence-corrected chi connectivity index (χ4v) is 6.64. The molecule has 236 valence electrons. The van der Waals surface area contributed by atoms with Gasteiger partial charge in [-0.15, -0.1) is 0 Å². The van der Waals surface area contributed by atoms with Gasteiger partial charge in [-0.05, 0) is 72.5 Å². The third-order valence-electron chi connectivity index (χ3n) is 7.20. The van der Waals surface area contributed by atoms with Gasteiger partial charge in [-0.2, -0.15) is 0 Å². The Kier molecular flexibility index (Phi) is 11.5. The SMILES string of the molecule is Cc1ccc(S(=O)(=O)N(CC(=O)N(Cc2cccc(Br)c2)[C@H](Cc2ccccc2)C(=O)NCC(C)C)c2ccc(F)cc2)cc1. The largest absolute Gasteiger partial charge is 0.354 e. The van der Waals surface area contributed by atoms with E-state index in [0.717, 1.165) is 37.6 Å². The minimum atomic E-state index is -4.26. The Bertz CT molecular complexity index is 1700. The maximum atomic E-state index is 14.4. The highest BCUT2D eigenvalue weighted by Gasteiger charge is 2.34. The van der Waals surface area contributed by atoms with Gasteiger partial charge >= 0.3 is 0 Å². The highest BCUT2D eigenvalue weighted by atomic mass is 79.9. The molecule has 7 nitrogen and oxygen atoms in total. The summed E-state index contributed by atoms with van der Waals surface area (Å²) in [6, 6.07) is 27.0. The lowest BCUT2D eigenvalue weighted by atomic mass is 10.0. The molecule has 2 amide bonds. The van der Waals surface area contributed by atoms with Crippen molar-refractivity contribution >= 4 is 43.5 Å². The molecule has 10 heteroatoms. The third-order valence-corrected chi connectivity index (χ3v) is 9.48. The summed E-state index contributed by atoms with van der Waals surface area (Å²) in [5, 5.41) is 2.97. The van der Waals surface area contributed by atoms with Gasteiger partial charge in [0.2, 0.25) is 11.8 Å². The summed E-state index contributed by atoms with van der Waals surface area (Å²) in [4.78, 5) is 29.7. The lowest BCUT2D eigenvalue weighted by Crippen LogP contribution is -2.53. The third kappa shape index (κ3) is 9.25. The fourth-order valence-electron chi connectivity index (χ4n) is 4.78. The van der Waals surface area contributed by atoms with Crippen LogP contribution >= 0.6 is 15.9 Å². The van der Waals surface area contributed by atoms with Crippen LogP contribution in [0.4, 0.5) is 10.1 Å². The van der Waals surface area contributed by atoms with Crippen LogP contribution in [0.25, 0.3) is 0 Å². The highest BCUT2D eigenvalue weighted by molar-refractivity contribution is 9.10. The first-order valence-corrected chi connectivity index (χ1v) is 16.9. The van der Waals surface area contributed by atoms with Crippen LogP contribution in [0.1, 0.15) is 30.5 Å². The van der Waals surface area contributed by atoms with Crippen LogP contribution in [0.2, 0.25) is 0 Å². The van der Waals surface area contributed by atoms with Crippen LogP contribution in [0, 0.1) is 18.7 Å². The summed E-state index contributed by atoms with van der Waals surface area (Å²) in [7, 11) is -4.26. The Hall–Kier alpha value is -4.02. The molecular formula is C35H37BrFN3O4S. The van der Waals surface area contributed by atoms with E-state index in [2.05, 4.69) is 21.2 Å². The molecule has 0 aliphatic heterocycles. The number of aryl methyl sites for hydroxylation is 1. The number of halogens is 2. The molecule has 0 radical (unpaired) electrons. The summed E-state index contributed by atoms with van der Waals surface area (Å²) in [6.45, 7) is 5.65. The molecule has 0 spiro atoms. The van der Waals surface area contributed by atoms with Crippen LogP contribution in [0.5, 0.6) is 0 Å². The number of sulfonamides is 1. The highest BCUT2D eigenvalue weighted by Crippen LogP contribution is 2.26. The van der Waals surface area contributed by atoms with Gasteiger partial charge in [0.05, 0.1) is 10.6 Å². The minimum absolute atomic E-state index is 0.0146. The lowest BCUT2D eigenvalue weighted by molar-refractivity contribution is -0.140. The van der Waals surface area contributed by atoms with Crippen molar-refractivity contribution < 1.29 is 22.4 Å². The molecule has 0 bridgehead atoms. The van der Waals surface area contributed by atoms with E-state index in [0.29, 0.717) is 6.54 Å². The number of hydrogen-bond donors (Lipinski definition) is 1. The van der Waals surface area contributed by atoms with Crippen LogP contribution in [-0.4, -0.2) is 44.3 Å². The first-order chi connectivity index (χ1) is 21.4. The second-order valence-electron chi connectivity index (χ2n) is 11.3. The van der Waals surface area contributed by atoms with E-state index in [1.807, 2.05) is 75.4 Å². The molecule has 0 saturated heterocycles. The molecule has 4 rings (SSSR count). The molecule has 1 N–H and O–H groups in total. The minimum Gasteiger partial charge on any atom is -0.354 e. The Balaban J connectivity index is 1.79. The first kappa shape index (κ1) is 33.9. The molecule has 45 heavy (non-hydrogen) atoms. The predicted octanol–water partition coefficient (Wildman–Crippen LogP) is 6.50. The maximum absolute atomic E-state index is 14.4. The van der Waals surface area contributed by atoms with Crippen LogP contribution in [0.15, 0.2) is 112 Å². The molecule has 0 aromatic heterocycles. The van der Waals surface area contributed by atoms with Gasteiger partial charge in [0.1, 0.15) is 18.4 Å². The standard InChI is InChI=1S/C35H37BrFN3O4S/c1-25(2)22-38-35(42)33(21-27-8-5-4-6-9-27)39(23-28-10-7-11-29(36)20-28)34(41)24-40(31-16-14-30(37)15-17-31)45(43,44)32-18-12-26(3)13-19-32/h4-20,25,33H,21-24H2,1-3H3,(H,38,42)/t33-/m1/s1. The van der Waals surface area contributed by atoms with Crippen molar-refractivity contribution in [2.75, 3.05) is 17.4 Å². The summed E-state index contributed by atoms with van der Waals surface area (Å²) in [5.41, 5.74) is 2.59. The van der Waals surface area contributed by atoms with Crippen LogP contribution in [-0.2, 0) is 32.6 Å². The van der Waals surface area contributed by atoms with E-state index >= 15 is 0 Å². The summed E-state index contributed by atoms with van der Waals surface area (Å²) in [6.07, 6.45) is 0.214. The number of rotatable bonds is 13. The number of nitrogens with one attached hydrogen (secondary N) is 1. The van der Waals surface area contributed by atoms with Gasteiger partial charge in [0.15, 0.2) is 0 Å². The number of anilines is 1. The molecule has 0 aliphatic carbocycles. The Morgan fingerprint density at radius 1 is 0.867 bits per heavy atom. The summed E-state index contributed by atoms with van der Waals surface area (Å²) in [5.74, 6) is -1.30. The average Bonchev–Trinajstić information content (AvgIpc) is 3.01. The molecule has 1 atom stereocenters. The lowest BCUT2D eigenvalue weighted by Gasteiger charge is -2.34. The van der Waals surface area contributed by atoms with Crippen molar-refractivity contribution in [2.24, 2.45) is 5.92 Å². The van der Waals surface area contributed by atoms with Gasteiger partial charge in [0, 0.05) is 24.0 Å². The second-order valence-corrected chi connectivity index (χ2v) is 14.1. The van der Waals surface area contributed by atoms with Gasteiger partial charge in [-0.1, -0.05) is 89.9 Å². The summed E-state index contributed by atoms with van der Waals surface area (Å²) < 4.78 is 43.8. The van der Waals surface area contributed by atoms with Gasteiger partial charge in [-0.3, -0.25) is 13.9 Å². The van der Waals surface area contributed by atoms with Gasteiger partial charge < -0.3 is 10.2 Å². The molecule has 0 aliphatic rings. The second kappa shape index (κ2) is 15.3. The Morgan fingerprint density at radius 2 is 1.51 bits per heavy atom. The fraction of sp³-hybridized carbons (Fsp3) is 0.257. The van der Waals surface area contributed by atoms with Crippen molar-refractivity contribution in [3.8, 4) is 0 Å². The van der Waals surface area contributed by atoms with Crippen molar-refractivity contribution in [1.82, 2.24) is 10.2 Å². The Labute approximate surface area is 273 Å². The monoisotopic (exact) mass is 693 g/mol. The van der Waals surface area contributed by atoms with E-state index < -0.39 is 34.3 Å². The van der Waals surface area contributed by atoms with E-state index in [1.54, 1.807) is 12.1 Å². The number of benzene rings is 4. The zero-order valence-corrected chi connectivity index (χ0v) is 27.9. The Morgan fingerprint density at radius 3 is 2.13 bits per heavy atom. The molecular weight excluding hydrogens is 657 g/mol. The van der Waals surface area contributed by atoms with E-state index in [1.165, 1.54) is 29.2 Å². The number of nitrogens with zero attached hydrogens (tertiary/aromatic N) is 2. The molecule has 0 saturated carbocycles. The van der Waals surface area contributed by atoms with Gasteiger partial charge in [0.25, 0.3) is 10.0 Å². The zero-order chi connectivity index (χ0) is 32.6. The van der Waals surface area contributed by atoms with E-state index in [-0.39, 0.29) is 35.4 Å². The van der Waals surface area contributed by atoms with E-state index in [9.17, 15) is 22.4 Å².